The Labute approximate surface area is 205 Å². The Morgan fingerprint density at radius 2 is 1.91 bits per heavy atom. The van der Waals surface area contributed by atoms with E-state index in [2.05, 4.69) is 20.0 Å². The van der Waals surface area contributed by atoms with Gasteiger partial charge in [-0.15, -0.1) is 16.4 Å². The quantitative estimate of drug-likeness (QED) is 0.215. The fourth-order valence-electron chi connectivity index (χ4n) is 3.25. The molecule has 0 fully saturated rings. The second-order valence-electron chi connectivity index (χ2n) is 7.41. The Balaban J connectivity index is 1.45. The van der Waals surface area contributed by atoms with Crippen LogP contribution in [-0.4, -0.2) is 46.6 Å². The average Bonchev–Trinajstić information content (AvgIpc) is 3.57. The number of ether oxygens (including phenoxy) is 1. The van der Waals surface area contributed by atoms with Gasteiger partial charge >= 0.3 is 0 Å². The van der Waals surface area contributed by atoms with Crippen molar-refractivity contribution in [2.24, 2.45) is 0 Å². The summed E-state index contributed by atoms with van der Waals surface area (Å²) in [5.41, 5.74) is 3.57. The lowest BCUT2D eigenvalue weighted by molar-refractivity contribution is -0.133. The summed E-state index contributed by atoms with van der Waals surface area (Å²) in [5.74, 6) is -0.0139. The number of sulfonamides is 1. The molecule has 11 nitrogen and oxygen atoms in total. The molecule has 35 heavy (non-hydrogen) atoms. The van der Waals surface area contributed by atoms with Crippen molar-refractivity contribution in [1.29, 1.82) is 0 Å². The molecule has 0 bridgehead atoms. The van der Waals surface area contributed by atoms with Crippen LogP contribution in [0.25, 0.3) is 10.6 Å². The Bertz CT molecular complexity index is 1390. The van der Waals surface area contributed by atoms with Gasteiger partial charge < -0.3 is 4.74 Å². The molecule has 0 unspecified atom stereocenters. The van der Waals surface area contributed by atoms with Crippen LogP contribution in [0.4, 0.5) is 0 Å². The highest BCUT2D eigenvalue weighted by Gasteiger charge is 2.24. The third-order valence-corrected chi connectivity index (χ3v) is 8.00. The lowest BCUT2D eigenvalue weighted by Crippen LogP contribution is -2.32. The van der Waals surface area contributed by atoms with E-state index >= 15 is 0 Å². The molecule has 3 N–H and O–H groups in total. The number of methoxy groups -OCH3 is 1. The van der Waals surface area contributed by atoms with Crippen molar-refractivity contribution in [2.75, 3.05) is 7.11 Å². The molecule has 182 valence electrons. The first kappa shape index (κ1) is 24.5. The Kier molecular flexibility index (Phi) is 7.51. The number of nitrogens with zero attached hydrogens (tertiary/aromatic N) is 4. The van der Waals surface area contributed by atoms with Crippen LogP contribution in [0.1, 0.15) is 17.3 Å². The number of hydrogen-bond acceptors (Lipinski definition) is 9. The highest BCUT2D eigenvalue weighted by molar-refractivity contribution is 7.91. The van der Waals surface area contributed by atoms with Crippen molar-refractivity contribution in [1.82, 2.24) is 30.2 Å². The van der Waals surface area contributed by atoms with Crippen LogP contribution in [0.2, 0.25) is 0 Å². The fourth-order valence-corrected chi connectivity index (χ4v) is 5.43. The molecule has 4 rings (SSSR count). The van der Waals surface area contributed by atoms with E-state index in [1.807, 2.05) is 30.3 Å². The molecule has 13 heteroatoms. The monoisotopic (exact) mass is 514 g/mol. The largest absolute Gasteiger partial charge is 0.497 e. The van der Waals surface area contributed by atoms with Gasteiger partial charge in [-0.3, -0.25) is 10.0 Å². The van der Waals surface area contributed by atoms with Crippen molar-refractivity contribution in [3.63, 3.8) is 0 Å². The number of benzene rings is 2. The maximum atomic E-state index is 12.7. The topological polar surface area (TPSA) is 148 Å². The Hall–Kier alpha value is -3.65. The summed E-state index contributed by atoms with van der Waals surface area (Å²) in [5, 5.41) is 17.7. The molecule has 1 amide bonds. The van der Waals surface area contributed by atoms with E-state index in [0.29, 0.717) is 16.5 Å². The van der Waals surface area contributed by atoms with Gasteiger partial charge in [-0.25, -0.2) is 28.3 Å². The Morgan fingerprint density at radius 1 is 1.17 bits per heavy atom. The summed E-state index contributed by atoms with van der Waals surface area (Å²) >= 11 is 1.06. The SMILES string of the molecule is COc1ccc(C[C@@H](C(=O)NO)n2cc(CNS(=O)(=O)c3cnc(-c4ccccc4)s3)nn2)cc1. The van der Waals surface area contributed by atoms with Crippen LogP contribution in [0.5, 0.6) is 5.75 Å². The molecule has 0 aliphatic carbocycles. The lowest BCUT2D eigenvalue weighted by Gasteiger charge is -2.15. The van der Waals surface area contributed by atoms with E-state index in [9.17, 15) is 18.4 Å². The van der Waals surface area contributed by atoms with Gasteiger partial charge in [-0.05, 0) is 17.7 Å². The van der Waals surface area contributed by atoms with Crippen molar-refractivity contribution in [2.45, 2.75) is 23.2 Å². The average molecular weight is 515 g/mol. The fraction of sp³-hybridized carbons (Fsp3) is 0.182. The predicted molar refractivity (Wildman–Crippen MR) is 127 cm³/mol. The number of hydroxylamine groups is 1. The molecule has 0 spiro atoms. The second-order valence-corrected chi connectivity index (χ2v) is 10.4. The van der Waals surface area contributed by atoms with Crippen molar-refractivity contribution in [3.8, 4) is 16.3 Å². The minimum Gasteiger partial charge on any atom is -0.497 e. The van der Waals surface area contributed by atoms with Crippen LogP contribution < -0.4 is 14.9 Å². The molecule has 4 aromatic rings. The van der Waals surface area contributed by atoms with E-state index < -0.39 is 22.0 Å². The molecule has 2 aromatic carbocycles. The van der Waals surface area contributed by atoms with Gasteiger partial charge in [0, 0.05) is 12.0 Å². The van der Waals surface area contributed by atoms with E-state index in [1.54, 1.807) is 36.9 Å². The molecule has 0 aliphatic heterocycles. The van der Waals surface area contributed by atoms with Crippen LogP contribution in [0.15, 0.2) is 71.2 Å². The first-order valence-electron chi connectivity index (χ1n) is 10.4. The van der Waals surface area contributed by atoms with E-state index in [-0.39, 0.29) is 17.2 Å². The number of hydrogen-bond donors (Lipinski definition) is 3. The number of carbonyl (C=O) groups excluding carboxylic acids is 1. The molecular weight excluding hydrogens is 492 g/mol. The normalized spacial score (nSPS) is 12.3. The molecule has 0 saturated heterocycles. The standard InChI is InChI=1S/C22H22N6O5S2/c1-33-18-9-7-15(8-10-18)11-19(21(29)26-30)28-14-17(25-27-28)12-24-35(31,32)20-13-23-22(34-20)16-5-3-2-4-6-16/h2-10,13-14,19,24,30H,11-12H2,1H3,(H,26,29)/t19-/m0/s1. The van der Waals surface area contributed by atoms with Gasteiger partial charge in [0.15, 0.2) is 4.21 Å². The minimum atomic E-state index is -3.83. The molecule has 0 saturated carbocycles. The van der Waals surface area contributed by atoms with Crippen molar-refractivity contribution < 1.29 is 23.2 Å². The number of thiazole rings is 1. The number of nitrogens with one attached hydrogen (secondary N) is 2. The molecule has 2 aromatic heterocycles. The number of aromatic nitrogens is 4. The second kappa shape index (κ2) is 10.7. The molecule has 1 atom stereocenters. The van der Waals surface area contributed by atoms with E-state index in [1.165, 1.54) is 17.1 Å². The summed E-state index contributed by atoms with van der Waals surface area (Å²) < 4.78 is 34.4. The van der Waals surface area contributed by atoms with Crippen LogP contribution >= 0.6 is 11.3 Å². The smallest absolute Gasteiger partial charge is 0.268 e. The summed E-state index contributed by atoms with van der Waals surface area (Å²) in [6, 6.07) is 15.5. The zero-order chi connectivity index (χ0) is 24.8. The summed E-state index contributed by atoms with van der Waals surface area (Å²) in [7, 11) is -2.28. The lowest BCUT2D eigenvalue weighted by atomic mass is 10.1. The van der Waals surface area contributed by atoms with E-state index in [4.69, 9.17) is 4.74 Å². The third kappa shape index (κ3) is 5.89. The van der Waals surface area contributed by atoms with Gasteiger partial charge in [0.25, 0.3) is 15.9 Å². The molecule has 0 radical (unpaired) electrons. The van der Waals surface area contributed by atoms with Crippen LogP contribution in [0.3, 0.4) is 0 Å². The van der Waals surface area contributed by atoms with Gasteiger partial charge in [0.05, 0.1) is 31.7 Å². The molecular formula is C22H22N6O5S2. The summed E-state index contributed by atoms with van der Waals surface area (Å²) in [6.45, 7) is -0.142. The van der Waals surface area contributed by atoms with E-state index in [0.717, 1.165) is 22.5 Å². The number of rotatable bonds is 10. The van der Waals surface area contributed by atoms with Gasteiger partial charge in [0.1, 0.15) is 16.8 Å². The van der Waals surface area contributed by atoms with Gasteiger partial charge in [-0.1, -0.05) is 47.7 Å². The minimum absolute atomic E-state index is 0.0702. The van der Waals surface area contributed by atoms with Crippen LogP contribution in [-0.2, 0) is 27.8 Å². The summed E-state index contributed by atoms with van der Waals surface area (Å²) in [4.78, 5) is 16.5. The first-order chi connectivity index (χ1) is 16.9. The van der Waals surface area contributed by atoms with Crippen molar-refractivity contribution >= 4 is 27.3 Å². The zero-order valence-corrected chi connectivity index (χ0v) is 20.2. The molecule has 2 heterocycles. The zero-order valence-electron chi connectivity index (χ0n) is 18.5. The van der Waals surface area contributed by atoms with Gasteiger partial charge in [-0.2, -0.15) is 0 Å². The highest BCUT2D eigenvalue weighted by Crippen LogP contribution is 2.27. The van der Waals surface area contributed by atoms with Gasteiger partial charge in [0.2, 0.25) is 0 Å². The maximum Gasteiger partial charge on any atom is 0.268 e. The van der Waals surface area contributed by atoms with Crippen molar-refractivity contribution in [3.05, 3.63) is 78.2 Å². The maximum absolute atomic E-state index is 12.7. The highest BCUT2D eigenvalue weighted by atomic mass is 32.2. The first-order valence-corrected chi connectivity index (χ1v) is 12.7. The molecule has 0 aliphatic rings. The Morgan fingerprint density at radius 3 is 2.60 bits per heavy atom. The third-order valence-electron chi connectivity index (χ3n) is 5.09. The van der Waals surface area contributed by atoms with Crippen LogP contribution in [0, 0.1) is 0 Å². The number of carbonyl (C=O) groups is 1. The predicted octanol–water partition coefficient (Wildman–Crippen LogP) is 2.18. The summed E-state index contributed by atoms with van der Waals surface area (Å²) in [6.07, 6.45) is 2.98. The number of amides is 1.